The van der Waals surface area contributed by atoms with Gasteiger partial charge in [0.05, 0.1) is 0 Å². The number of rotatable bonds is 8. The molecule has 0 aliphatic heterocycles. The molecule has 0 spiro atoms. The summed E-state index contributed by atoms with van der Waals surface area (Å²) in [4.78, 5) is 10.7. The van der Waals surface area contributed by atoms with Crippen LogP contribution in [0.4, 0.5) is 0 Å². The second-order valence-electron chi connectivity index (χ2n) is 3.99. The van der Waals surface area contributed by atoms with Gasteiger partial charge in [-0.25, -0.2) is 0 Å². The van der Waals surface area contributed by atoms with Crippen LogP contribution in [0.2, 0.25) is 0 Å². The minimum Gasteiger partial charge on any atom is -0.303 e. The molecule has 0 N–H and O–H groups in total. The monoisotopic (exact) mass is 196 g/mol. The van der Waals surface area contributed by atoms with Crippen molar-refractivity contribution in [2.24, 2.45) is 11.8 Å². The van der Waals surface area contributed by atoms with Crippen LogP contribution in [0.15, 0.2) is 12.2 Å². The Labute approximate surface area is 88.6 Å². The predicted octanol–water partition coefficient (Wildman–Crippen LogP) is 3.98. The molecule has 1 nitrogen and oxygen atoms in total. The zero-order chi connectivity index (χ0) is 10.8. The Morgan fingerprint density at radius 3 is 2.43 bits per heavy atom. The Bertz CT molecular complexity index is 161. The maximum Gasteiger partial charge on any atom is 0.123 e. The fourth-order valence-corrected chi connectivity index (χ4v) is 1.58. The first-order chi connectivity index (χ1) is 6.76. The van der Waals surface area contributed by atoms with Crippen molar-refractivity contribution in [2.45, 2.75) is 52.9 Å². The second kappa shape index (κ2) is 8.98. The molecule has 0 radical (unpaired) electrons. The summed E-state index contributed by atoms with van der Waals surface area (Å²) in [5.41, 5.74) is 0. The van der Waals surface area contributed by atoms with E-state index in [1.165, 1.54) is 19.3 Å². The largest absolute Gasteiger partial charge is 0.303 e. The molecule has 0 fully saturated rings. The first kappa shape index (κ1) is 13.4. The number of aldehydes is 1. The second-order valence-corrected chi connectivity index (χ2v) is 3.99. The van der Waals surface area contributed by atoms with Crippen LogP contribution in [0.5, 0.6) is 0 Å². The third kappa shape index (κ3) is 5.95. The van der Waals surface area contributed by atoms with Crippen LogP contribution >= 0.6 is 0 Å². The van der Waals surface area contributed by atoms with Crippen LogP contribution in [0.3, 0.4) is 0 Å². The molecule has 0 unspecified atom stereocenters. The summed E-state index contributed by atoms with van der Waals surface area (Å²) in [6.45, 7) is 6.36. The first-order valence-corrected chi connectivity index (χ1v) is 5.88. The number of carbonyl (C=O) groups excluding carboxylic acids is 1. The summed E-state index contributed by atoms with van der Waals surface area (Å²) in [5.74, 6) is 0.633. The van der Waals surface area contributed by atoms with E-state index in [1.807, 2.05) is 6.92 Å². The van der Waals surface area contributed by atoms with Crippen molar-refractivity contribution in [1.29, 1.82) is 0 Å². The SMILES string of the molecule is CC/C=C/[C@@H](CCCCC)[C@@H](C)C=O. The number of hydrogen-bond donors (Lipinski definition) is 0. The standard InChI is InChI=1S/C13H24O/c1-4-6-8-10-13(9-7-5-2)12(3)11-14/h7,9,11-13H,4-6,8,10H2,1-3H3/b9-7+/t12-,13-/m0/s1. The van der Waals surface area contributed by atoms with Gasteiger partial charge in [0.2, 0.25) is 0 Å². The molecule has 82 valence electrons. The molecule has 0 aromatic rings. The van der Waals surface area contributed by atoms with Crippen LogP contribution in [0, 0.1) is 11.8 Å². The molecule has 0 saturated carbocycles. The lowest BCUT2D eigenvalue weighted by Crippen LogP contribution is -2.10. The van der Waals surface area contributed by atoms with Crippen molar-refractivity contribution >= 4 is 6.29 Å². The fourth-order valence-electron chi connectivity index (χ4n) is 1.58. The number of carbonyl (C=O) groups is 1. The smallest absolute Gasteiger partial charge is 0.123 e. The summed E-state index contributed by atoms with van der Waals surface area (Å²) in [7, 11) is 0. The normalized spacial score (nSPS) is 15.6. The quantitative estimate of drug-likeness (QED) is 0.326. The highest BCUT2D eigenvalue weighted by Crippen LogP contribution is 2.19. The van der Waals surface area contributed by atoms with Gasteiger partial charge in [-0.15, -0.1) is 0 Å². The zero-order valence-corrected chi connectivity index (χ0v) is 9.83. The molecule has 0 aromatic carbocycles. The van der Waals surface area contributed by atoms with Crippen LogP contribution < -0.4 is 0 Å². The van der Waals surface area contributed by atoms with Crippen LogP contribution in [0.25, 0.3) is 0 Å². The summed E-state index contributed by atoms with van der Waals surface area (Å²) in [6.07, 6.45) is 11.5. The molecule has 1 heteroatoms. The van der Waals surface area contributed by atoms with Gasteiger partial charge < -0.3 is 4.79 Å². The minimum absolute atomic E-state index is 0.176. The Hall–Kier alpha value is -0.590. The van der Waals surface area contributed by atoms with E-state index in [1.54, 1.807) is 0 Å². The molecule has 0 amide bonds. The Morgan fingerprint density at radius 1 is 1.21 bits per heavy atom. The maximum atomic E-state index is 10.7. The average Bonchev–Trinajstić information content (AvgIpc) is 2.22. The Morgan fingerprint density at radius 2 is 1.93 bits per heavy atom. The molecule has 0 aromatic heterocycles. The molecule has 2 atom stereocenters. The lowest BCUT2D eigenvalue weighted by atomic mass is 9.89. The van der Waals surface area contributed by atoms with Gasteiger partial charge in [0, 0.05) is 5.92 Å². The summed E-state index contributed by atoms with van der Waals surface area (Å²) >= 11 is 0. The highest BCUT2D eigenvalue weighted by Gasteiger charge is 2.12. The van der Waals surface area contributed by atoms with Crippen molar-refractivity contribution < 1.29 is 4.79 Å². The molecule has 0 rings (SSSR count). The van der Waals surface area contributed by atoms with E-state index in [9.17, 15) is 4.79 Å². The van der Waals surface area contributed by atoms with E-state index >= 15 is 0 Å². The third-order valence-electron chi connectivity index (χ3n) is 2.65. The van der Waals surface area contributed by atoms with Gasteiger partial charge >= 0.3 is 0 Å². The summed E-state index contributed by atoms with van der Waals surface area (Å²) in [6, 6.07) is 0. The van der Waals surface area contributed by atoms with E-state index in [-0.39, 0.29) is 5.92 Å². The molecule has 14 heavy (non-hydrogen) atoms. The zero-order valence-electron chi connectivity index (χ0n) is 9.83. The number of unbranched alkanes of at least 4 members (excludes halogenated alkanes) is 2. The Balaban J connectivity index is 3.96. The third-order valence-corrected chi connectivity index (χ3v) is 2.65. The number of hydrogen-bond acceptors (Lipinski definition) is 1. The molecule has 0 bridgehead atoms. The fraction of sp³-hybridized carbons (Fsp3) is 0.769. The number of allylic oxidation sites excluding steroid dienone is 2. The van der Waals surface area contributed by atoms with Crippen molar-refractivity contribution in [3.8, 4) is 0 Å². The Kier molecular flexibility index (Phi) is 8.61. The topological polar surface area (TPSA) is 17.1 Å². The highest BCUT2D eigenvalue weighted by molar-refractivity contribution is 5.53. The van der Waals surface area contributed by atoms with Crippen molar-refractivity contribution in [3.63, 3.8) is 0 Å². The van der Waals surface area contributed by atoms with E-state index in [0.717, 1.165) is 19.1 Å². The van der Waals surface area contributed by atoms with Crippen molar-refractivity contribution in [3.05, 3.63) is 12.2 Å². The predicted molar refractivity (Wildman–Crippen MR) is 62.3 cm³/mol. The average molecular weight is 196 g/mol. The van der Waals surface area contributed by atoms with Crippen LogP contribution in [-0.2, 0) is 4.79 Å². The van der Waals surface area contributed by atoms with Gasteiger partial charge in [-0.1, -0.05) is 52.2 Å². The van der Waals surface area contributed by atoms with Crippen LogP contribution in [0.1, 0.15) is 52.9 Å². The molecular formula is C13H24O. The molecule has 0 heterocycles. The lowest BCUT2D eigenvalue weighted by molar-refractivity contribution is -0.111. The van der Waals surface area contributed by atoms with Crippen LogP contribution in [-0.4, -0.2) is 6.29 Å². The van der Waals surface area contributed by atoms with E-state index in [2.05, 4.69) is 26.0 Å². The summed E-state index contributed by atoms with van der Waals surface area (Å²) < 4.78 is 0. The minimum atomic E-state index is 0.176. The highest BCUT2D eigenvalue weighted by atomic mass is 16.1. The van der Waals surface area contributed by atoms with Gasteiger partial charge in [0.15, 0.2) is 0 Å². The summed E-state index contributed by atoms with van der Waals surface area (Å²) in [5, 5.41) is 0. The molecule has 0 aliphatic carbocycles. The van der Waals surface area contributed by atoms with Gasteiger partial charge in [0.1, 0.15) is 6.29 Å². The van der Waals surface area contributed by atoms with E-state index in [4.69, 9.17) is 0 Å². The van der Waals surface area contributed by atoms with Gasteiger partial charge in [-0.05, 0) is 18.8 Å². The molecular weight excluding hydrogens is 172 g/mol. The van der Waals surface area contributed by atoms with Gasteiger partial charge in [-0.3, -0.25) is 0 Å². The van der Waals surface area contributed by atoms with Gasteiger partial charge in [0.25, 0.3) is 0 Å². The van der Waals surface area contributed by atoms with E-state index < -0.39 is 0 Å². The molecule has 0 aliphatic rings. The van der Waals surface area contributed by atoms with E-state index in [0.29, 0.717) is 5.92 Å². The maximum absolute atomic E-state index is 10.7. The van der Waals surface area contributed by atoms with Gasteiger partial charge in [-0.2, -0.15) is 0 Å². The first-order valence-electron chi connectivity index (χ1n) is 5.88. The van der Waals surface area contributed by atoms with Crippen molar-refractivity contribution in [2.75, 3.05) is 0 Å². The van der Waals surface area contributed by atoms with Crippen molar-refractivity contribution in [1.82, 2.24) is 0 Å². The molecule has 0 saturated heterocycles. The lowest BCUT2D eigenvalue weighted by Gasteiger charge is -2.15.